The van der Waals surface area contributed by atoms with E-state index in [-0.39, 0.29) is 6.42 Å². The first-order valence-corrected chi connectivity index (χ1v) is 6.47. The van der Waals surface area contributed by atoms with Gasteiger partial charge >= 0.3 is 5.97 Å². The second-order valence-electron chi connectivity index (χ2n) is 4.15. The number of thiol groups is 1. The molecule has 1 atom stereocenters. The van der Waals surface area contributed by atoms with E-state index in [4.69, 9.17) is 5.11 Å². The maximum absolute atomic E-state index is 12.0. The standard InChI is InChI=1S/C13H14N2O3S/c16-12(15-10(5-6-19)13(17)18)11-7-8-3-1-2-4-9(8)14-11/h1-4,7,10,14,19H,5-6H2,(H,15,16)(H,17,18). The summed E-state index contributed by atoms with van der Waals surface area (Å²) in [6.45, 7) is 0. The van der Waals surface area contributed by atoms with Crippen molar-refractivity contribution in [3.8, 4) is 0 Å². The summed E-state index contributed by atoms with van der Waals surface area (Å²) in [7, 11) is 0. The normalized spacial score (nSPS) is 12.3. The van der Waals surface area contributed by atoms with E-state index in [2.05, 4.69) is 22.9 Å². The van der Waals surface area contributed by atoms with Gasteiger partial charge in [0.25, 0.3) is 5.91 Å². The van der Waals surface area contributed by atoms with Gasteiger partial charge in [-0.1, -0.05) is 18.2 Å². The van der Waals surface area contributed by atoms with E-state index < -0.39 is 17.9 Å². The molecule has 2 aromatic rings. The van der Waals surface area contributed by atoms with Crippen LogP contribution in [0.5, 0.6) is 0 Å². The molecule has 0 saturated heterocycles. The molecule has 0 radical (unpaired) electrons. The molecule has 0 aliphatic heterocycles. The maximum atomic E-state index is 12.0. The molecule has 0 fully saturated rings. The number of nitrogens with one attached hydrogen (secondary N) is 2. The minimum absolute atomic E-state index is 0.282. The van der Waals surface area contributed by atoms with Gasteiger partial charge in [-0.05, 0) is 24.3 Å². The lowest BCUT2D eigenvalue weighted by atomic mass is 10.2. The molecule has 6 heteroatoms. The molecule has 0 spiro atoms. The quantitative estimate of drug-likeness (QED) is 0.628. The lowest BCUT2D eigenvalue weighted by Gasteiger charge is -2.12. The van der Waals surface area contributed by atoms with Crippen LogP contribution in [0.1, 0.15) is 16.9 Å². The van der Waals surface area contributed by atoms with Crippen molar-refractivity contribution >= 4 is 35.4 Å². The molecule has 3 N–H and O–H groups in total. The van der Waals surface area contributed by atoms with Crippen molar-refractivity contribution in [3.05, 3.63) is 36.0 Å². The van der Waals surface area contributed by atoms with Gasteiger partial charge in [0.05, 0.1) is 0 Å². The average Bonchev–Trinajstić information content (AvgIpc) is 2.81. The Labute approximate surface area is 115 Å². The Hall–Kier alpha value is -1.95. The Morgan fingerprint density at radius 1 is 1.37 bits per heavy atom. The Morgan fingerprint density at radius 2 is 2.11 bits per heavy atom. The van der Waals surface area contributed by atoms with E-state index in [1.54, 1.807) is 6.07 Å². The minimum Gasteiger partial charge on any atom is -0.480 e. The molecule has 1 aromatic carbocycles. The summed E-state index contributed by atoms with van der Waals surface area (Å²) in [5, 5.41) is 12.4. The summed E-state index contributed by atoms with van der Waals surface area (Å²) in [5.74, 6) is -1.09. The summed E-state index contributed by atoms with van der Waals surface area (Å²) >= 11 is 3.98. The molecule has 5 nitrogen and oxygen atoms in total. The number of amides is 1. The molecule has 1 amide bonds. The highest BCUT2D eigenvalue weighted by Gasteiger charge is 2.20. The van der Waals surface area contributed by atoms with Crippen LogP contribution in [-0.2, 0) is 4.79 Å². The monoisotopic (exact) mass is 278 g/mol. The minimum atomic E-state index is -1.06. The summed E-state index contributed by atoms with van der Waals surface area (Å²) in [5.41, 5.74) is 1.19. The molecule has 19 heavy (non-hydrogen) atoms. The molecule has 0 aliphatic rings. The van der Waals surface area contributed by atoms with Crippen molar-refractivity contribution in [2.24, 2.45) is 0 Å². The largest absolute Gasteiger partial charge is 0.480 e. The second-order valence-corrected chi connectivity index (χ2v) is 4.59. The van der Waals surface area contributed by atoms with Gasteiger partial charge in [-0.3, -0.25) is 4.79 Å². The smallest absolute Gasteiger partial charge is 0.326 e. The molecule has 1 unspecified atom stereocenters. The van der Waals surface area contributed by atoms with Crippen molar-refractivity contribution in [3.63, 3.8) is 0 Å². The number of para-hydroxylation sites is 1. The Morgan fingerprint density at radius 3 is 2.74 bits per heavy atom. The SMILES string of the molecule is O=C(NC(CCS)C(=O)O)c1cc2ccccc2[nH]1. The number of aliphatic carboxylic acids is 1. The molecule has 1 heterocycles. The van der Waals surface area contributed by atoms with Gasteiger partial charge in [0.15, 0.2) is 0 Å². The van der Waals surface area contributed by atoms with Gasteiger partial charge in [0, 0.05) is 10.9 Å². The van der Waals surface area contributed by atoms with Crippen LogP contribution in [-0.4, -0.2) is 33.8 Å². The van der Waals surface area contributed by atoms with Crippen LogP contribution in [0.2, 0.25) is 0 Å². The van der Waals surface area contributed by atoms with Crippen LogP contribution in [0.4, 0.5) is 0 Å². The summed E-state index contributed by atoms with van der Waals surface area (Å²) in [6.07, 6.45) is 0.282. The van der Waals surface area contributed by atoms with E-state index in [9.17, 15) is 9.59 Å². The molecular weight excluding hydrogens is 264 g/mol. The number of rotatable bonds is 5. The Kier molecular flexibility index (Phi) is 4.11. The molecule has 100 valence electrons. The number of benzene rings is 1. The first-order valence-electron chi connectivity index (χ1n) is 5.84. The van der Waals surface area contributed by atoms with E-state index in [0.717, 1.165) is 10.9 Å². The Bertz CT molecular complexity index is 576. The fourth-order valence-corrected chi connectivity index (χ4v) is 2.08. The lowest BCUT2D eigenvalue weighted by molar-refractivity contribution is -0.139. The van der Waals surface area contributed by atoms with Gasteiger partial charge in [-0.15, -0.1) is 0 Å². The highest BCUT2D eigenvalue weighted by atomic mass is 32.1. The van der Waals surface area contributed by atoms with E-state index >= 15 is 0 Å². The third-order valence-corrected chi connectivity index (χ3v) is 3.05. The number of hydrogen-bond acceptors (Lipinski definition) is 3. The van der Waals surface area contributed by atoms with E-state index in [0.29, 0.717) is 11.4 Å². The lowest BCUT2D eigenvalue weighted by Crippen LogP contribution is -2.41. The Balaban J connectivity index is 2.16. The van der Waals surface area contributed by atoms with Crippen LogP contribution < -0.4 is 5.32 Å². The van der Waals surface area contributed by atoms with E-state index in [1.165, 1.54) is 0 Å². The highest BCUT2D eigenvalue weighted by Crippen LogP contribution is 2.14. The van der Waals surface area contributed by atoms with Crippen LogP contribution >= 0.6 is 12.6 Å². The fourth-order valence-electron chi connectivity index (χ4n) is 1.82. The average molecular weight is 278 g/mol. The van der Waals surface area contributed by atoms with Crippen molar-refractivity contribution in [1.29, 1.82) is 0 Å². The number of carbonyl (C=O) groups excluding carboxylic acids is 1. The first kappa shape index (κ1) is 13.5. The van der Waals surface area contributed by atoms with Crippen LogP contribution in [0.3, 0.4) is 0 Å². The summed E-state index contributed by atoms with van der Waals surface area (Å²) < 4.78 is 0. The number of aromatic amines is 1. The van der Waals surface area contributed by atoms with Crippen molar-refractivity contribution in [1.82, 2.24) is 10.3 Å². The molecule has 0 saturated carbocycles. The number of H-pyrrole nitrogens is 1. The molecule has 0 bridgehead atoms. The number of carboxylic acid groups (broad SMARTS) is 1. The number of carboxylic acids is 1. The maximum Gasteiger partial charge on any atom is 0.326 e. The summed E-state index contributed by atoms with van der Waals surface area (Å²) in [4.78, 5) is 25.9. The van der Waals surface area contributed by atoms with Crippen LogP contribution in [0, 0.1) is 0 Å². The predicted octanol–water partition coefficient (Wildman–Crippen LogP) is 1.67. The molecular formula is C13H14N2O3S. The molecule has 2 rings (SSSR count). The third-order valence-electron chi connectivity index (χ3n) is 2.80. The predicted molar refractivity (Wildman–Crippen MR) is 75.7 cm³/mol. The highest BCUT2D eigenvalue weighted by molar-refractivity contribution is 7.80. The topological polar surface area (TPSA) is 82.2 Å². The second kappa shape index (κ2) is 5.79. The first-order chi connectivity index (χ1) is 9.11. The number of aromatic nitrogens is 1. The van der Waals surface area contributed by atoms with Gasteiger partial charge in [-0.25, -0.2) is 4.79 Å². The van der Waals surface area contributed by atoms with Crippen LogP contribution in [0.15, 0.2) is 30.3 Å². The van der Waals surface area contributed by atoms with Crippen molar-refractivity contribution in [2.45, 2.75) is 12.5 Å². The number of hydrogen-bond donors (Lipinski definition) is 4. The van der Waals surface area contributed by atoms with E-state index in [1.807, 2.05) is 24.3 Å². The fraction of sp³-hybridized carbons (Fsp3) is 0.231. The summed E-state index contributed by atoms with van der Waals surface area (Å²) in [6, 6.07) is 8.25. The molecule has 1 aromatic heterocycles. The third kappa shape index (κ3) is 3.08. The van der Waals surface area contributed by atoms with Gasteiger partial charge in [-0.2, -0.15) is 12.6 Å². The van der Waals surface area contributed by atoms with Gasteiger partial charge in [0.1, 0.15) is 11.7 Å². The number of carbonyl (C=O) groups is 2. The number of fused-ring (bicyclic) bond motifs is 1. The zero-order chi connectivity index (χ0) is 13.8. The molecule has 0 aliphatic carbocycles. The zero-order valence-electron chi connectivity index (χ0n) is 10.1. The zero-order valence-corrected chi connectivity index (χ0v) is 11.0. The van der Waals surface area contributed by atoms with Gasteiger partial charge < -0.3 is 15.4 Å². The van der Waals surface area contributed by atoms with Gasteiger partial charge in [0.2, 0.25) is 0 Å². The van der Waals surface area contributed by atoms with Crippen molar-refractivity contribution < 1.29 is 14.7 Å². The van der Waals surface area contributed by atoms with Crippen LogP contribution in [0.25, 0.3) is 10.9 Å². The van der Waals surface area contributed by atoms with Crippen molar-refractivity contribution in [2.75, 3.05) is 5.75 Å².